The Morgan fingerprint density at radius 1 is 1.47 bits per heavy atom. The van der Waals surface area contributed by atoms with Crippen LogP contribution in [-0.2, 0) is 16.1 Å². The Morgan fingerprint density at radius 3 is 2.79 bits per heavy atom. The number of nitrogens with zero attached hydrogens (tertiary/aromatic N) is 4. The van der Waals surface area contributed by atoms with Crippen LogP contribution in [0.4, 0.5) is 0 Å². The number of amides is 1. The van der Waals surface area contributed by atoms with E-state index in [-0.39, 0.29) is 12.0 Å². The molecule has 1 N–H and O–H groups in total. The lowest BCUT2D eigenvalue weighted by molar-refractivity contribution is -0.144. The highest BCUT2D eigenvalue weighted by Crippen LogP contribution is 2.07. The van der Waals surface area contributed by atoms with E-state index in [0.29, 0.717) is 6.61 Å². The molecular weight excluding hydrogens is 246 g/mol. The number of carbonyl (C=O) groups excluding carboxylic acids is 1. The summed E-state index contributed by atoms with van der Waals surface area (Å²) in [6, 6.07) is 0. The van der Waals surface area contributed by atoms with Gasteiger partial charge in [-0.25, -0.2) is 4.98 Å². The normalized spacial score (nSPS) is 18.5. The highest BCUT2D eigenvalue weighted by atomic mass is 16.5. The summed E-state index contributed by atoms with van der Waals surface area (Å²) in [5.41, 5.74) is 0. The zero-order valence-electron chi connectivity index (χ0n) is 11.5. The lowest BCUT2D eigenvalue weighted by Gasteiger charge is -2.35. The third kappa shape index (κ3) is 3.74. The number of aromatic amines is 1. The quantitative estimate of drug-likeness (QED) is 0.804. The second kappa shape index (κ2) is 6.63. The zero-order valence-corrected chi connectivity index (χ0v) is 11.5. The van der Waals surface area contributed by atoms with E-state index < -0.39 is 0 Å². The molecule has 1 aromatic rings. The lowest BCUT2D eigenvalue weighted by Crippen LogP contribution is -2.51. The fourth-order valence-electron chi connectivity index (χ4n) is 2.22. The first-order valence-corrected chi connectivity index (χ1v) is 6.67. The summed E-state index contributed by atoms with van der Waals surface area (Å²) in [5, 5.41) is 6.68. The van der Waals surface area contributed by atoms with Crippen LogP contribution >= 0.6 is 0 Å². The van der Waals surface area contributed by atoms with Crippen LogP contribution < -0.4 is 0 Å². The van der Waals surface area contributed by atoms with Gasteiger partial charge in [-0.3, -0.25) is 14.8 Å². The molecular formula is C12H21N5O2. The molecule has 19 heavy (non-hydrogen) atoms. The number of hydrogen-bond acceptors (Lipinski definition) is 5. The third-order valence-corrected chi connectivity index (χ3v) is 3.29. The molecule has 7 nitrogen and oxygen atoms in total. The molecule has 0 aromatic carbocycles. The highest BCUT2D eigenvalue weighted by Gasteiger charge is 2.25. The topological polar surface area (TPSA) is 74.3 Å². The Labute approximate surface area is 112 Å². The van der Waals surface area contributed by atoms with Gasteiger partial charge in [0.25, 0.3) is 5.91 Å². The zero-order chi connectivity index (χ0) is 13.7. The van der Waals surface area contributed by atoms with Crippen molar-refractivity contribution in [3.8, 4) is 0 Å². The van der Waals surface area contributed by atoms with Crippen LogP contribution in [0.5, 0.6) is 0 Å². The van der Waals surface area contributed by atoms with Gasteiger partial charge >= 0.3 is 0 Å². The van der Waals surface area contributed by atoms with Crippen LogP contribution in [0.15, 0.2) is 6.33 Å². The van der Waals surface area contributed by atoms with Gasteiger partial charge in [-0.05, 0) is 13.8 Å². The minimum absolute atomic E-state index is 0.0844. The van der Waals surface area contributed by atoms with Crippen molar-refractivity contribution in [3.05, 3.63) is 12.2 Å². The monoisotopic (exact) mass is 267 g/mol. The van der Waals surface area contributed by atoms with Crippen LogP contribution in [0, 0.1) is 0 Å². The average Bonchev–Trinajstić information content (AvgIpc) is 2.92. The highest BCUT2D eigenvalue weighted by molar-refractivity contribution is 5.80. The van der Waals surface area contributed by atoms with Gasteiger partial charge in [0.1, 0.15) is 18.3 Å². The Balaban J connectivity index is 1.77. The molecule has 1 aromatic heterocycles. The second-order valence-corrected chi connectivity index (χ2v) is 4.63. The van der Waals surface area contributed by atoms with Crippen LogP contribution in [0.3, 0.4) is 0 Å². The molecule has 1 aliphatic heterocycles. The molecule has 106 valence electrons. The Morgan fingerprint density at radius 2 is 2.21 bits per heavy atom. The van der Waals surface area contributed by atoms with Crippen molar-refractivity contribution in [1.82, 2.24) is 25.0 Å². The molecule has 0 bridgehead atoms. The number of piperazine rings is 1. The first kappa shape index (κ1) is 14.0. The molecule has 1 fully saturated rings. The molecule has 1 atom stereocenters. The molecule has 1 saturated heterocycles. The smallest absolute Gasteiger partial charge is 0.251 e. The van der Waals surface area contributed by atoms with E-state index in [1.54, 1.807) is 0 Å². The van der Waals surface area contributed by atoms with Crippen molar-refractivity contribution < 1.29 is 9.53 Å². The maximum atomic E-state index is 12.1. The number of nitrogens with one attached hydrogen (secondary N) is 1. The summed E-state index contributed by atoms with van der Waals surface area (Å²) in [5.74, 6) is 0.948. The van der Waals surface area contributed by atoms with Gasteiger partial charge in [0.05, 0.1) is 6.54 Å². The molecule has 0 aliphatic carbocycles. The van der Waals surface area contributed by atoms with Gasteiger partial charge < -0.3 is 9.64 Å². The maximum absolute atomic E-state index is 12.1. The van der Waals surface area contributed by atoms with E-state index in [9.17, 15) is 4.79 Å². The van der Waals surface area contributed by atoms with Crippen molar-refractivity contribution in [2.45, 2.75) is 26.5 Å². The molecule has 2 heterocycles. The Bertz CT molecular complexity index is 387. The molecule has 1 aliphatic rings. The first-order chi connectivity index (χ1) is 9.20. The molecule has 0 radical (unpaired) electrons. The van der Waals surface area contributed by atoms with E-state index in [1.807, 2.05) is 18.7 Å². The number of H-pyrrole nitrogens is 1. The largest absolute Gasteiger partial charge is 0.369 e. The second-order valence-electron chi connectivity index (χ2n) is 4.63. The van der Waals surface area contributed by atoms with Crippen molar-refractivity contribution >= 4 is 5.91 Å². The standard InChI is InChI=1S/C12H21N5O2/c1-3-19-10(2)12(18)17-6-4-16(5-7-17)8-11-13-9-14-15-11/h9-10H,3-8H2,1-2H3,(H,13,14,15)/t10-/m1/s1. The summed E-state index contributed by atoms with van der Waals surface area (Å²) < 4.78 is 5.34. The van der Waals surface area contributed by atoms with Gasteiger partial charge in [0.2, 0.25) is 0 Å². The van der Waals surface area contributed by atoms with Crippen molar-refractivity contribution in [1.29, 1.82) is 0 Å². The number of hydrogen-bond donors (Lipinski definition) is 1. The van der Waals surface area contributed by atoms with Crippen molar-refractivity contribution in [2.24, 2.45) is 0 Å². The van der Waals surface area contributed by atoms with Crippen LogP contribution in [0.25, 0.3) is 0 Å². The minimum atomic E-state index is -0.342. The number of rotatable bonds is 5. The first-order valence-electron chi connectivity index (χ1n) is 6.67. The van der Waals surface area contributed by atoms with E-state index in [2.05, 4.69) is 20.1 Å². The summed E-state index contributed by atoms with van der Waals surface area (Å²) in [4.78, 5) is 20.3. The number of ether oxygens (including phenoxy) is 1. The van der Waals surface area contributed by atoms with E-state index in [1.165, 1.54) is 6.33 Å². The molecule has 0 spiro atoms. The van der Waals surface area contributed by atoms with Gasteiger partial charge in [-0.15, -0.1) is 0 Å². The maximum Gasteiger partial charge on any atom is 0.251 e. The predicted octanol–water partition coefficient (Wildman–Crippen LogP) is -0.126. The molecule has 0 saturated carbocycles. The number of carbonyl (C=O) groups is 1. The third-order valence-electron chi connectivity index (χ3n) is 3.29. The number of aromatic nitrogens is 3. The van der Waals surface area contributed by atoms with E-state index in [4.69, 9.17) is 4.74 Å². The van der Waals surface area contributed by atoms with Crippen LogP contribution in [0.2, 0.25) is 0 Å². The van der Waals surface area contributed by atoms with Gasteiger partial charge in [0, 0.05) is 32.8 Å². The van der Waals surface area contributed by atoms with Crippen LogP contribution in [-0.4, -0.2) is 69.8 Å². The molecule has 7 heteroatoms. The average molecular weight is 267 g/mol. The van der Waals surface area contributed by atoms with E-state index in [0.717, 1.165) is 38.5 Å². The summed E-state index contributed by atoms with van der Waals surface area (Å²) in [6.07, 6.45) is 1.17. The van der Waals surface area contributed by atoms with Gasteiger partial charge in [-0.2, -0.15) is 5.10 Å². The SMILES string of the molecule is CCO[C@H](C)C(=O)N1CCN(Cc2ncn[nH]2)CC1. The van der Waals surface area contributed by atoms with Crippen molar-refractivity contribution in [3.63, 3.8) is 0 Å². The summed E-state index contributed by atoms with van der Waals surface area (Å²) in [7, 11) is 0. The van der Waals surface area contributed by atoms with Crippen LogP contribution in [0.1, 0.15) is 19.7 Å². The molecule has 1 amide bonds. The fraction of sp³-hybridized carbons (Fsp3) is 0.750. The summed E-state index contributed by atoms with van der Waals surface area (Å²) >= 11 is 0. The van der Waals surface area contributed by atoms with Crippen molar-refractivity contribution in [2.75, 3.05) is 32.8 Å². The minimum Gasteiger partial charge on any atom is -0.369 e. The van der Waals surface area contributed by atoms with Gasteiger partial charge in [0.15, 0.2) is 0 Å². The Kier molecular flexibility index (Phi) is 4.86. The summed E-state index contributed by atoms with van der Waals surface area (Å²) in [6.45, 7) is 8.22. The lowest BCUT2D eigenvalue weighted by atomic mass is 10.2. The van der Waals surface area contributed by atoms with Gasteiger partial charge in [-0.1, -0.05) is 0 Å². The molecule has 2 rings (SSSR count). The fourth-order valence-corrected chi connectivity index (χ4v) is 2.22. The Hall–Kier alpha value is -1.47. The molecule has 0 unspecified atom stereocenters. The van der Waals surface area contributed by atoms with E-state index >= 15 is 0 Å². The predicted molar refractivity (Wildman–Crippen MR) is 69.3 cm³/mol.